The first-order valence-corrected chi connectivity index (χ1v) is 6.15. The molecule has 20 heavy (non-hydrogen) atoms. The number of benzene rings is 1. The Morgan fingerprint density at radius 2 is 1.70 bits per heavy atom. The molecule has 0 unspecified atom stereocenters. The van der Waals surface area contributed by atoms with Crippen molar-refractivity contribution >= 4 is 11.8 Å². The van der Waals surface area contributed by atoms with Gasteiger partial charge in [0, 0.05) is 19.5 Å². The maximum absolute atomic E-state index is 13.3. The highest BCUT2D eigenvalue weighted by molar-refractivity contribution is 5.94. The quantitative estimate of drug-likeness (QED) is 0.619. The van der Waals surface area contributed by atoms with Crippen LogP contribution < -0.4 is 10.6 Å². The average Bonchev–Trinajstić information content (AvgIpc) is 2.41. The van der Waals surface area contributed by atoms with Crippen LogP contribution in [0.1, 0.15) is 30.1 Å². The molecule has 0 aromatic heterocycles. The van der Waals surface area contributed by atoms with Gasteiger partial charge in [0.05, 0.1) is 5.56 Å². The van der Waals surface area contributed by atoms with E-state index in [4.69, 9.17) is 0 Å². The van der Waals surface area contributed by atoms with Crippen LogP contribution in [0, 0.1) is 17.5 Å². The van der Waals surface area contributed by atoms with Crippen LogP contribution in [0.15, 0.2) is 12.1 Å². The topological polar surface area (TPSA) is 58.2 Å². The molecule has 0 aliphatic heterocycles. The normalized spacial score (nSPS) is 10.2. The molecular weight excluding hydrogens is 273 g/mol. The summed E-state index contributed by atoms with van der Waals surface area (Å²) >= 11 is 0. The molecule has 0 aliphatic rings. The minimum Gasteiger partial charge on any atom is -0.354 e. The van der Waals surface area contributed by atoms with Gasteiger partial charge in [-0.25, -0.2) is 13.2 Å². The van der Waals surface area contributed by atoms with Gasteiger partial charge in [0.1, 0.15) is 0 Å². The highest BCUT2D eigenvalue weighted by Gasteiger charge is 2.18. The minimum absolute atomic E-state index is 0.0622. The number of rotatable bonds is 6. The fraction of sp³-hybridized carbons (Fsp3) is 0.385. The van der Waals surface area contributed by atoms with E-state index in [0.717, 1.165) is 6.07 Å². The monoisotopic (exact) mass is 288 g/mol. The van der Waals surface area contributed by atoms with Gasteiger partial charge in [-0.2, -0.15) is 0 Å². The van der Waals surface area contributed by atoms with Crippen molar-refractivity contribution in [2.75, 3.05) is 13.1 Å². The summed E-state index contributed by atoms with van der Waals surface area (Å²) in [6, 6.07) is 1.54. The van der Waals surface area contributed by atoms with E-state index in [1.165, 1.54) is 0 Å². The molecule has 1 aromatic rings. The first-order valence-electron chi connectivity index (χ1n) is 6.15. The van der Waals surface area contributed by atoms with E-state index >= 15 is 0 Å². The molecule has 0 aliphatic carbocycles. The Labute approximate surface area is 114 Å². The van der Waals surface area contributed by atoms with Crippen LogP contribution in [-0.2, 0) is 4.79 Å². The van der Waals surface area contributed by atoms with E-state index in [9.17, 15) is 22.8 Å². The highest BCUT2D eigenvalue weighted by Crippen LogP contribution is 2.14. The van der Waals surface area contributed by atoms with Gasteiger partial charge in [0.25, 0.3) is 5.91 Å². The van der Waals surface area contributed by atoms with Crippen molar-refractivity contribution in [2.45, 2.75) is 19.8 Å². The molecule has 2 amide bonds. The molecule has 0 radical (unpaired) electrons. The van der Waals surface area contributed by atoms with E-state index in [2.05, 4.69) is 10.6 Å². The van der Waals surface area contributed by atoms with Crippen molar-refractivity contribution in [3.63, 3.8) is 0 Å². The third kappa shape index (κ3) is 4.25. The lowest BCUT2D eigenvalue weighted by atomic mass is 10.2. The summed E-state index contributed by atoms with van der Waals surface area (Å²) in [4.78, 5) is 22.7. The number of halogens is 3. The first-order chi connectivity index (χ1) is 9.47. The third-order valence-corrected chi connectivity index (χ3v) is 2.49. The molecule has 2 N–H and O–H groups in total. The summed E-state index contributed by atoms with van der Waals surface area (Å²) in [6.45, 7) is 2.09. The third-order valence-electron chi connectivity index (χ3n) is 2.49. The number of hydrogen-bond acceptors (Lipinski definition) is 2. The van der Waals surface area contributed by atoms with Crippen molar-refractivity contribution in [3.8, 4) is 0 Å². The molecule has 1 rings (SSSR count). The van der Waals surface area contributed by atoms with Crippen molar-refractivity contribution in [2.24, 2.45) is 0 Å². The van der Waals surface area contributed by atoms with Crippen LogP contribution >= 0.6 is 0 Å². The first kappa shape index (κ1) is 16.0. The Morgan fingerprint density at radius 1 is 1.05 bits per heavy atom. The Hall–Kier alpha value is -2.05. The maximum atomic E-state index is 13.3. The van der Waals surface area contributed by atoms with Gasteiger partial charge in [0.15, 0.2) is 17.5 Å². The molecule has 0 spiro atoms. The molecule has 0 atom stereocenters. The lowest BCUT2D eigenvalue weighted by molar-refractivity contribution is -0.121. The molecule has 0 saturated carbocycles. The van der Waals surface area contributed by atoms with Crippen LogP contribution in [0.4, 0.5) is 13.2 Å². The van der Waals surface area contributed by atoms with Crippen LogP contribution in [0.3, 0.4) is 0 Å². The standard InChI is InChI=1S/C13H15F3N2O2/c1-2-3-10(19)17-6-7-18-13(20)8-4-5-9(14)12(16)11(8)15/h4-5H,2-3,6-7H2,1H3,(H,17,19)(H,18,20). The van der Waals surface area contributed by atoms with Gasteiger partial charge in [-0.1, -0.05) is 6.92 Å². The molecule has 110 valence electrons. The second-order valence-corrected chi connectivity index (χ2v) is 4.08. The van der Waals surface area contributed by atoms with E-state index in [0.29, 0.717) is 18.9 Å². The number of nitrogens with one attached hydrogen (secondary N) is 2. The van der Waals surface area contributed by atoms with Crippen molar-refractivity contribution < 1.29 is 22.8 Å². The lowest BCUT2D eigenvalue weighted by Gasteiger charge is -2.08. The minimum atomic E-state index is -1.69. The smallest absolute Gasteiger partial charge is 0.254 e. The van der Waals surface area contributed by atoms with E-state index in [1.807, 2.05) is 6.92 Å². The average molecular weight is 288 g/mol. The fourth-order valence-corrected chi connectivity index (χ4v) is 1.49. The largest absolute Gasteiger partial charge is 0.354 e. The van der Waals surface area contributed by atoms with Gasteiger partial charge in [-0.15, -0.1) is 0 Å². The van der Waals surface area contributed by atoms with Crippen molar-refractivity contribution in [1.29, 1.82) is 0 Å². The van der Waals surface area contributed by atoms with Crippen molar-refractivity contribution in [1.82, 2.24) is 10.6 Å². The molecule has 0 heterocycles. The SMILES string of the molecule is CCCC(=O)NCCNC(=O)c1ccc(F)c(F)c1F. The molecule has 0 saturated heterocycles. The zero-order valence-corrected chi connectivity index (χ0v) is 10.9. The Kier molecular flexibility index (Phi) is 6.02. The number of hydrogen-bond donors (Lipinski definition) is 2. The van der Waals surface area contributed by atoms with E-state index in [-0.39, 0.29) is 19.0 Å². The van der Waals surface area contributed by atoms with Gasteiger partial charge in [-0.3, -0.25) is 9.59 Å². The summed E-state index contributed by atoms with van der Waals surface area (Å²) in [5.74, 6) is -5.59. The predicted octanol–water partition coefficient (Wildman–Crippen LogP) is 1.75. The summed E-state index contributed by atoms with van der Waals surface area (Å²) in [7, 11) is 0. The van der Waals surface area contributed by atoms with Crippen LogP contribution in [0.2, 0.25) is 0 Å². The molecule has 0 bridgehead atoms. The van der Waals surface area contributed by atoms with E-state index in [1.54, 1.807) is 0 Å². The lowest BCUT2D eigenvalue weighted by Crippen LogP contribution is -2.35. The van der Waals surface area contributed by atoms with Gasteiger partial charge >= 0.3 is 0 Å². The van der Waals surface area contributed by atoms with Crippen LogP contribution in [-0.4, -0.2) is 24.9 Å². The van der Waals surface area contributed by atoms with Gasteiger partial charge in [-0.05, 0) is 18.6 Å². The molecule has 4 nitrogen and oxygen atoms in total. The second kappa shape index (κ2) is 7.52. The van der Waals surface area contributed by atoms with Crippen LogP contribution in [0.5, 0.6) is 0 Å². The fourth-order valence-electron chi connectivity index (χ4n) is 1.49. The van der Waals surface area contributed by atoms with E-state index < -0.39 is 28.9 Å². The Morgan fingerprint density at radius 3 is 2.35 bits per heavy atom. The number of carbonyl (C=O) groups excluding carboxylic acids is 2. The summed E-state index contributed by atoms with van der Waals surface area (Å²) in [5, 5.41) is 4.85. The highest BCUT2D eigenvalue weighted by atomic mass is 19.2. The Balaban J connectivity index is 2.48. The van der Waals surface area contributed by atoms with Gasteiger partial charge in [0.2, 0.25) is 5.91 Å². The zero-order chi connectivity index (χ0) is 15.1. The summed E-state index contributed by atoms with van der Waals surface area (Å²) in [5.41, 5.74) is -0.580. The zero-order valence-electron chi connectivity index (χ0n) is 10.9. The second-order valence-electron chi connectivity index (χ2n) is 4.08. The van der Waals surface area contributed by atoms with Crippen LogP contribution in [0.25, 0.3) is 0 Å². The molecule has 7 heteroatoms. The summed E-state index contributed by atoms with van der Waals surface area (Å²) < 4.78 is 38.9. The number of carbonyl (C=O) groups is 2. The number of amides is 2. The molecular formula is C13H15F3N2O2. The summed E-state index contributed by atoms with van der Waals surface area (Å²) in [6.07, 6.45) is 1.09. The predicted molar refractivity (Wildman–Crippen MR) is 66.6 cm³/mol. The molecule has 0 fully saturated rings. The Bertz CT molecular complexity index is 507. The van der Waals surface area contributed by atoms with Crippen molar-refractivity contribution in [3.05, 3.63) is 35.1 Å². The maximum Gasteiger partial charge on any atom is 0.254 e. The van der Waals surface area contributed by atoms with Gasteiger partial charge < -0.3 is 10.6 Å². The molecule has 1 aromatic carbocycles.